The van der Waals surface area contributed by atoms with Gasteiger partial charge in [-0.25, -0.2) is 4.79 Å². The number of benzene rings is 1. The normalized spacial score (nSPS) is 13.6. The van der Waals surface area contributed by atoms with E-state index in [1.807, 2.05) is 11.5 Å². The zero-order valence-electron chi connectivity index (χ0n) is 11.7. The molecule has 0 saturated carbocycles. The van der Waals surface area contributed by atoms with Crippen LogP contribution in [0.3, 0.4) is 0 Å². The maximum absolute atomic E-state index is 11.2. The molecule has 2 heterocycles. The van der Waals surface area contributed by atoms with Gasteiger partial charge in [0.05, 0.1) is 5.52 Å². The van der Waals surface area contributed by atoms with Crippen molar-refractivity contribution in [3.8, 4) is 11.5 Å². The van der Waals surface area contributed by atoms with Crippen LogP contribution in [0.25, 0.3) is 16.7 Å². The molecule has 114 valence electrons. The van der Waals surface area contributed by atoms with E-state index in [0.717, 1.165) is 5.52 Å². The van der Waals surface area contributed by atoms with Crippen molar-refractivity contribution >= 4 is 28.4 Å². The largest absolute Gasteiger partial charge is 0.507 e. The van der Waals surface area contributed by atoms with Crippen molar-refractivity contribution in [2.24, 2.45) is 0 Å². The lowest BCUT2D eigenvalue weighted by molar-refractivity contribution is -0.146. The Morgan fingerprint density at radius 2 is 1.95 bits per heavy atom. The average molecular weight is 303 g/mol. The molecular weight excluding hydrogens is 290 g/mol. The van der Waals surface area contributed by atoms with Crippen molar-refractivity contribution in [2.75, 3.05) is 6.79 Å². The number of aliphatic carboxylic acids is 1. The van der Waals surface area contributed by atoms with Gasteiger partial charge in [-0.3, -0.25) is 4.79 Å². The number of fused-ring (bicyclic) bond motifs is 2. The van der Waals surface area contributed by atoms with Crippen molar-refractivity contribution in [1.29, 1.82) is 0 Å². The molecule has 1 aromatic carbocycles. The fourth-order valence-electron chi connectivity index (χ4n) is 2.41. The molecule has 1 aromatic heterocycles. The van der Waals surface area contributed by atoms with E-state index in [4.69, 9.17) is 14.6 Å². The standard InChI is InChI=1S/C15H13NO6/c1-2-16-6-9(11(17)5-12(18)15(19)20)8-3-13-14(4-10(8)16)22-7-21-13/h3-6,17H,2,7H2,1H3,(H,19,20). The molecule has 0 atom stereocenters. The molecule has 1 aliphatic heterocycles. The van der Waals surface area contributed by atoms with E-state index in [0.29, 0.717) is 35.1 Å². The Hall–Kier alpha value is -2.96. The summed E-state index contributed by atoms with van der Waals surface area (Å²) in [6, 6.07) is 3.49. The number of aromatic nitrogens is 1. The number of aryl methyl sites for hydroxylation is 1. The van der Waals surface area contributed by atoms with Crippen molar-refractivity contribution in [3.63, 3.8) is 0 Å². The number of nitrogens with zero attached hydrogens (tertiary/aromatic N) is 1. The van der Waals surface area contributed by atoms with Gasteiger partial charge in [-0.1, -0.05) is 0 Å². The highest BCUT2D eigenvalue weighted by Crippen LogP contribution is 2.39. The lowest BCUT2D eigenvalue weighted by Gasteiger charge is -2.02. The number of carbonyl (C=O) groups is 2. The van der Waals surface area contributed by atoms with E-state index in [1.165, 1.54) is 0 Å². The lowest BCUT2D eigenvalue weighted by Crippen LogP contribution is -2.09. The van der Waals surface area contributed by atoms with Gasteiger partial charge in [-0.15, -0.1) is 0 Å². The van der Waals surface area contributed by atoms with Gasteiger partial charge in [0.2, 0.25) is 6.79 Å². The molecule has 7 nitrogen and oxygen atoms in total. The van der Waals surface area contributed by atoms with Gasteiger partial charge in [-0.2, -0.15) is 0 Å². The molecule has 1 aliphatic rings. The number of aliphatic hydroxyl groups excluding tert-OH is 1. The molecule has 2 N–H and O–H groups in total. The summed E-state index contributed by atoms with van der Waals surface area (Å²) in [4.78, 5) is 21.8. The Balaban J connectivity index is 2.18. The quantitative estimate of drug-likeness (QED) is 0.509. The van der Waals surface area contributed by atoms with Crippen LogP contribution in [0.15, 0.2) is 24.4 Å². The number of rotatable bonds is 4. The van der Waals surface area contributed by atoms with Crippen LogP contribution in [-0.2, 0) is 16.1 Å². The van der Waals surface area contributed by atoms with Crippen LogP contribution in [0.4, 0.5) is 0 Å². The first-order valence-corrected chi connectivity index (χ1v) is 6.62. The Kier molecular flexibility index (Phi) is 3.25. The number of hydrogen-bond acceptors (Lipinski definition) is 5. The number of hydrogen-bond donors (Lipinski definition) is 2. The van der Waals surface area contributed by atoms with Gasteiger partial charge in [0, 0.05) is 35.8 Å². The maximum Gasteiger partial charge on any atom is 0.376 e. The molecule has 3 rings (SSSR count). The number of carboxylic acids is 1. The third kappa shape index (κ3) is 2.16. The van der Waals surface area contributed by atoms with Crippen molar-refractivity contribution < 1.29 is 29.3 Å². The molecule has 7 heteroatoms. The van der Waals surface area contributed by atoms with Gasteiger partial charge in [0.15, 0.2) is 11.5 Å². The van der Waals surface area contributed by atoms with E-state index in [-0.39, 0.29) is 6.79 Å². The molecular formula is C15H13NO6. The topological polar surface area (TPSA) is 98.0 Å². The highest BCUT2D eigenvalue weighted by molar-refractivity contribution is 6.38. The van der Waals surface area contributed by atoms with E-state index >= 15 is 0 Å². The molecule has 0 radical (unpaired) electrons. The molecule has 0 spiro atoms. The summed E-state index contributed by atoms with van der Waals surface area (Å²) in [6.45, 7) is 2.69. The van der Waals surface area contributed by atoms with Gasteiger partial charge < -0.3 is 24.3 Å². The Morgan fingerprint density at radius 3 is 2.59 bits per heavy atom. The van der Waals surface area contributed by atoms with Crippen LogP contribution in [-0.4, -0.2) is 33.3 Å². The van der Waals surface area contributed by atoms with Crippen LogP contribution in [0.2, 0.25) is 0 Å². The highest BCUT2D eigenvalue weighted by Gasteiger charge is 2.20. The number of aliphatic hydroxyl groups is 1. The minimum atomic E-state index is -1.62. The maximum atomic E-state index is 11.2. The zero-order valence-corrected chi connectivity index (χ0v) is 11.7. The van der Waals surface area contributed by atoms with Gasteiger partial charge in [0.1, 0.15) is 5.76 Å². The third-order valence-electron chi connectivity index (χ3n) is 3.47. The van der Waals surface area contributed by atoms with Gasteiger partial charge in [-0.05, 0) is 13.0 Å². The fourth-order valence-corrected chi connectivity index (χ4v) is 2.41. The predicted molar refractivity (Wildman–Crippen MR) is 77.0 cm³/mol. The van der Waals surface area contributed by atoms with Crippen molar-refractivity contribution in [1.82, 2.24) is 4.57 Å². The molecule has 0 unspecified atom stereocenters. The van der Waals surface area contributed by atoms with Gasteiger partial charge >= 0.3 is 5.97 Å². The summed E-state index contributed by atoms with van der Waals surface area (Å²) >= 11 is 0. The number of ketones is 1. The SMILES string of the molecule is CCn1cc(C(O)=CC(=O)C(=O)O)c2cc3c(cc21)OCO3. The summed E-state index contributed by atoms with van der Waals surface area (Å²) in [7, 11) is 0. The summed E-state index contributed by atoms with van der Waals surface area (Å²) in [5, 5.41) is 19.4. The monoisotopic (exact) mass is 303 g/mol. The second-order valence-electron chi connectivity index (χ2n) is 4.75. The minimum absolute atomic E-state index is 0.128. The number of carboxylic acid groups (broad SMARTS) is 1. The zero-order chi connectivity index (χ0) is 15.9. The number of ether oxygens (including phenoxy) is 2. The van der Waals surface area contributed by atoms with E-state index in [1.54, 1.807) is 18.3 Å². The fraction of sp³-hybridized carbons (Fsp3) is 0.200. The lowest BCUT2D eigenvalue weighted by atomic mass is 10.1. The van der Waals surface area contributed by atoms with E-state index < -0.39 is 17.5 Å². The van der Waals surface area contributed by atoms with Crippen LogP contribution < -0.4 is 9.47 Å². The molecule has 0 aliphatic carbocycles. The van der Waals surface area contributed by atoms with Crippen LogP contribution >= 0.6 is 0 Å². The average Bonchev–Trinajstić information content (AvgIpc) is 3.07. The predicted octanol–water partition coefficient (Wildman–Crippen LogP) is 1.94. The molecule has 0 fully saturated rings. The van der Waals surface area contributed by atoms with E-state index in [9.17, 15) is 14.7 Å². The first kappa shape index (κ1) is 14.0. The second kappa shape index (κ2) is 5.10. The van der Waals surface area contributed by atoms with Crippen LogP contribution in [0, 0.1) is 0 Å². The molecule has 2 aromatic rings. The van der Waals surface area contributed by atoms with Crippen molar-refractivity contribution in [2.45, 2.75) is 13.5 Å². The third-order valence-corrected chi connectivity index (χ3v) is 3.47. The molecule has 22 heavy (non-hydrogen) atoms. The van der Waals surface area contributed by atoms with Crippen LogP contribution in [0.1, 0.15) is 12.5 Å². The van der Waals surface area contributed by atoms with E-state index in [2.05, 4.69) is 0 Å². The second-order valence-corrected chi connectivity index (χ2v) is 4.75. The van der Waals surface area contributed by atoms with Crippen molar-refractivity contribution in [3.05, 3.63) is 30.0 Å². The molecule has 0 bridgehead atoms. The smallest absolute Gasteiger partial charge is 0.376 e. The summed E-state index contributed by atoms with van der Waals surface area (Å²) in [5.41, 5.74) is 1.16. The highest BCUT2D eigenvalue weighted by atomic mass is 16.7. The first-order valence-electron chi connectivity index (χ1n) is 6.62. The Morgan fingerprint density at radius 1 is 1.27 bits per heavy atom. The summed E-state index contributed by atoms with van der Waals surface area (Å²) in [5.74, 6) is -2.06. The summed E-state index contributed by atoms with van der Waals surface area (Å²) < 4.78 is 12.5. The van der Waals surface area contributed by atoms with Crippen LogP contribution in [0.5, 0.6) is 11.5 Å². The Bertz CT molecular complexity index is 817. The first-order chi connectivity index (χ1) is 10.5. The summed E-state index contributed by atoms with van der Waals surface area (Å²) in [6.07, 6.45) is 2.35. The molecule has 0 saturated heterocycles. The molecule has 0 amide bonds. The van der Waals surface area contributed by atoms with Gasteiger partial charge in [0.25, 0.3) is 5.78 Å². The number of carbonyl (C=O) groups excluding carboxylic acids is 1. The Labute approximate surface area is 125 Å². The minimum Gasteiger partial charge on any atom is -0.507 e.